The molecule has 0 aromatic heterocycles. The Hall–Kier alpha value is -1.74. The summed E-state index contributed by atoms with van der Waals surface area (Å²) in [6, 6.07) is 4.65. The SMILES string of the molecule is [NH3+]CCS[C@H]1CC(=O)N(c2ccc(OC(F)(F)F)cc2)C1=O. The summed E-state index contributed by atoms with van der Waals surface area (Å²) < 4.78 is 40.0. The molecule has 1 atom stereocenters. The molecule has 1 heterocycles. The molecule has 0 unspecified atom stereocenters. The first-order chi connectivity index (χ1) is 10.3. The van der Waals surface area contributed by atoms with Gasteiger partial charge >= 0.3 is 6.36 Å². The Labute approximate surface area is 128 Å². The van der Waals surface area contributed by atoms with Crippen molar-refractivity contribution in [3.63, 3.8) is 0 Å². The topological polar surface area (TPSA) is 74.2 Å². The third-order valence-corrected chi connectivity index (χ3v) is 4.19. The van der Waals surface area contributed by atoms with Gasteiger partial charge in [0.05, 0.1) is 17.5 Å². The lowest BCUT2D eigenvalue weighted by Gasteiger charge is -2.15. The van der Waals surface area contributed by atoms with Crippen LogP contribution in [0.25, 0.3) is 0 Å². The number of halogens is 3. The summed E-state index contributed by atoms with van der Waals surface area (Å²) in [5.74, 6) is -0.460. The number of hydrogen-bond acceptors (Lipinski definition) is 4. The Bertz CT molecular complexity index is 563. The molecule has 22 heavy (non-hydrogen) atoms. The number of benzene rings is 1. The molecule has 2 rings (SSSR count). The normalized spacial score (nSPS) is 18.9. The fourth-order valence-corrected chi connectivity index (χ4v) is 2.99. The number of rotatable bonds is 5. The number of anilines is 1. The number of carbonyl (C=O) groups excluding carboxylic acids is 2. The monoisotopic (exact) mass is 335 g/mol. The van der Waals surface area contributed by atoms with Crippen molar-refractivity contribution < 1.29 is 33.2 Å². The van der Waals surface area contributed by atoms with Crippen molar-refractivity contribution in [3.05, 3.63) is 24.3 Å². The van der Waals surface area contributed by atoms with Gasteiger partial charge in [0.25, 0.3) is 0 Å². The third kappa shape index (κ3) is 3.92. The van der Waals surface area contributed by atoms with Crippen LogP contribution in [0.15, 0.2) is 24.3 Å². The molecule has 1 aromatic carbocycles. The Morgan fingerprint density at radius 3 is 2.45 bits per heavy atom. The first kappa shape index (κ1) is 16.6. The first-order valence-electron chi connectivity index (χ1n) is 6.45. The fourth-order valence-electron chi connectivity index (χ4n) is 2.03. The minimum atomic E-state index is -4.78. The molecule has 0 aliphatic carbocycles. The lowest BCUT2D eigenvalue weighted by Crippen LogP contribution is -2.51. The molecular formula is C13H14F3N2O3S+. The van der Waals surface area contributed by atoms with Crippen LogP contribution in [-0.4, -0.2) is 35.7 Å². The zero-order valence-electron chi connectivity index (χ0n) is 11.4. The lowest BCUT2D eigenvalue weighted by atomic mass is 10.3. The number of nitrogens with zero attached hydrogens (tertiary/aromatic N) is 1. The predicted octanol–water partition coefficient (Wildman–Crippen LogP) is 1.19. The molecule has 5 nitrogen and oxygen atoms in total. The van der Waals surface area contributed by atoms with E-state index in [0.717, 1.165) is 17.0 Å². The van der Waals surface area contributed by atoms with Crippen LogP contribution in [0.4, 0.5) is 18.9 Å². The summed E-state index contributed by atoms with van der Waals surface area (Å²) in [7, 11) is 0. The Balaban J connectivity index is 2.11. The van der Waals surface area contributed by atoms with Gasteiger partial charge in [0.2, 0.25) is 11.8 Å². The van der Waals surface area contributed by atoms with E-state index in [1.807, 2.05) is 0 Å². The average molecular weight is 335 g/mol. The maximum Gasteiger partial charge on any atom is 0.573 e. The van der Waals surface area contributed by atoms with E-state index in [4.69, 9.17) is 0 Å². The highest BCUT2D eigenvalue weighted by atomic mass is 32.2. The number of amides is 2. The van der Waals surface area contributed by atoms with Gasteiger partial charge in [-0.25, -0.2) is 4.90 Å². The van der Waals surface area contributed by atoms with Crippen LogP contribution in [-0.2, 0) is 9.59 Å². The minimum absolute atomic E-state index is 0.0876. The van der Waals surface area contributed by atoms with Crippen LogP contribution in [0.2, 0.25) is 0 Å². The van der Waals surface area contributed by atoms with Crippen LogP contribution in [0.5, 0.6) is 5.75 Å². The molecule has 1 aliphatic heterocycles. The van der Waals surface area contributed by atoms with Gasteiger partial charge in [-0.05, 0) is 24.3 Å². The molecule has 1 saturated heterocycles. The van der Waals surface area contributed by atoms with Gasteiger partial charge in [0.15, 0.2) is 0 Å². The van der Waals surface area contributed by atoms with Crippen molar-refractivity contribution in [3.8, 4) is 5.75 Å². The molecule has 3 N–H and O–H groups in total. The van der Waals surface area contributed by atoms with Crippen LogP contribution in [0, 0.1) is 0 Å². The van der Waals surface area contributed by atoms with E-state index < -0.39 is 17.4 Å². The largest absolute Gasteiger partial charge is 0.573 e. The number of alkyl halides is 3. The fraction of sp³-hybridized carbons (Fsp3) is 0.385. The van der Waals surface area contributed by atoms with Gasteiger partial charge in [-0.15, -0.1) is 24.9 Å². The summed E-state index contributed by atoms with van der Waals surface area (Å²) in [5.41, 5.74) is 3.91. The Kier molecular flexibility index (Phi) is 4.97. The molecule has 0 bridgehead atoms. The second kappa shape index (κ2) is 6.57. The molecule has 1 aromatic rings. The van der Waals surface area contributed by atoms with Gasteiger partial charge in [-0.1, -0.05) is 0 Å². The number of ether oxygens (including phenoxy) is 1. The van der Waals surface area contributed by atoms with Crippen LogP contribution in [0.1, 0.15) is 6.42 Å². The Morgan fingerprint density at radius 2 is 1.91 bits per heavy atom. The van der Waals surface area contributed by atoms with Gasteiger partial charge in [-0.2, -0.15) is 0 Å². The summed E-state index contributed by atoms with van der Waals surface area (Å²) in [5, 5.41) is -0.458. The van der Waals surface area contributed by atoms with Gasteiger partial charge in [-0.3, -0.25) is 9.59 Å². The molecule has 0 radical (unpaired) electrons. The number of hydrogen-bond donors (Lipinski definition) is 1. The second-order valence-corrected chi connectivity index (χ2v) is 5.84. The highest BCUT2D eigenvalue weighted by molar-refractivity contribution is 8.00. The van der Waals surface area contributed by atoms with E-state index in [0.29, 0.717) is 12.3 Å². The molecule has 0 saturated carbocycles. The first-order valence-corrected chi connectivity index (χ1v) is 7.50. The lowest BCUT2D eigenvalue weighted by molar-refractivity contribution is -0.360. The number of carbonyl (C=O) groups is 2. The van der Waals surface area contributed by atoms with Gasteiger partial charge in [0, 0.05) is 12.2 Å². The second-order valence-electron chi connectivity index (χ2n) is 4.53. The van der Waals surface area contributed by atoms with Crippen molar-refractivity contribution in [2.75, 3.05) is 17.2 Å². The molecule has 9 heteroatoms. The number of thioether (sulfide) groups is 1. The van der Waals surface area contributed by atoms with E-state index in [9.17, 15) is 22.8 Å². The van der Waals surface area contributed by atoms with E-state index in [-0.39, 0.29) is 23.9 Å². The van der Waals surface area contributed by atoms with Crippen LogP contribution < -0.4 is 15.4 Å². The molecule has 120 valence electrons. The molecule has 0 spiro atoms. The summed E-state index contributed by atoms with van der Waals surface area (Å²) in [6.45, 7) is 0.645. The predicted molar refractivity (Wildman–Crippen MR) is 74.2 cm³/mol. The van der Waals surface area contributed by atoms with E-state index in [1.54, 1.807) is 0 Å². The highest BCUT2D eigenvalue weighted by Crippen LogP contribution is 2.31. The van der Waals surface area contributed by atoms with Gasteiger partial charge in [0.1, 0.15) is 5.75 Å². The number of quaternary nitrogens is 1. The maximum atomic E-state index is 12.2. The number of imide groups is 1. The van der Waals surface area contributed by atoms with Crippen LogP contribution in [0.3, 0.4) is 0 Å². The summed E-state index contributed by atoms with van der Waals surface area (Å²) in [6.07, 6.45) is -4.69. The molecule has 1 aliphatic rings. The molecule has 2 amide bonds. The highest BCUT2D eigenvalue weighted by Gasteiger charge is 2.39. The van der Waals surface area contributed by atoms with Crippen molar-refractivity contribution in [2.24, 2.45) is 0 Å². The molecular weight excluding hydrogens is 321 g/mol. The summed E-state index contributed by atoms with van der Waals surface area (Å²) in [4.78, 5) is 25.1. The van der Waals surface area contributed by atoms with Gasteiger partial charge < -0.3 is 10.5 Å². The van der Waals surface area contributed by atoms with Crippen molar-refractivity contribution in [1.29, 1.82) is 0 Å². The van der Waals surface area contributed by atoms with Crippen molar-refractivity contribution in [1.82, 2.24) is 0 Å². The third-order valence-electron chi connectivity index (χ3n) is 2.90. The average Bonchev–Trinajstić information content (AvgIpc) is 2.71. The van der Waals surface area contributed by atoms with E-state index >= 15 is 0 Å². The maximum absolute atomic E-state index is 12.2. The minimum Gasteiger partial charge on any atom is -0.406 e. The zero-order chi connectivity index (χ0) is 16.3. The molecule has 1 fully saturated rings. The summed E-state index contributed by atoms with van der Waals surface area (Å²) >= 11 is 1.36. The van der Waals surface area contributed by atoms with E-state index in [2.05, 4.69) is 10.5 Å². The zero-order valence-corrected chi connectivity index (χ0v) is 12.2. The Morgan fingerprint density at radius 1 is 1.27 bits per heavy atom. The van der Waals surface area contributed by atoms with Crippen molar-refractivity contribution >= 4 is 29.3 Å². The van der Waals surface area contributed by atoms with Crippen molar-refractivity contribution in [2.45, 2.75) is 18.0 Å². The smallest absolute Gasteiger partial charge is 0.406 e. The van der Waals surface area contributed by atoms with E-state index in [1.165, 1.54) is 23.9 Å². The van der Waals surface area contributed by atoms with Crippen LogP contribution >= 0.6 is 11.8 Å². The quantitative estimate of drug-likeness (QED) is 0.821. The standard InChI is InChI=1S/C13H13F3N2O3S/c14-13(15,16)21-9-3-1-8(2-4-9)18-11(19)7-10(12(18)20)22-6-5-17/h1-4,10H,5-7,17H2/p+1/t10-/m0/s1.